The van der Waals surface area contributed by atoms with Crippen LogP contribution in [0.1, 0.15) is 11.1 Å². The van der Waals surface area contributed by atoms with Gasteiger partial charge >= 0.3 is 6.18 Å². The van der Waals surface area contributed by atoms with Crippen molar-refractivity contribution >= 4 is 29.2 Å². The van der Waals surface area contributed by atoms with Gasteiger partial charge in [-0.15, -0.1) is 0 Å². The topological polar surface area (TPSA) is 64.1 Å². The molecule has 0 fully saturated rings. The van der Waals surface area contributed by atoms with Crippen LogP contribution in [0.5, 0.6) is 17.2 Å². The lowest BCUT2D eigenvalue weighted by Gasteiger charge is -2.14. The molecule has 0 radical (unpaired) electrons. The van der Waals surface area contributed by atoms with Crippen LogP contribution in [0.2, 0.25) is 0 Å². The first-order valence-corrected chi connectivity index (χ1v) is 8.03. The monoisotopic (exact) mass is 397 g/mol. The van der Waals surface area contributed by atoms with Crippen molar-refractivity contribution in [2.45, 2.75) is 6.18 Å². The van der Waals surface area contributed by atoms with Crippen LogP contribution < -0.4 is 25.0 Å². The molecule has 0 unspecified atom stereocenters. The maximum atomic E-state index is 13.0. The summed E-state index contributed by atoms with van der Waals surface area (Å²) in [7, 11) is 1.49. The lowest BCUT2D eigenvalue weighted by Crippen LogP contribution is -2.25. The Labute approximate surface area is 157 Å². The summed E-state index contributed by atoms with van der Waals surface area (Å²) in [4.78, 5) is 0. The van der Waals surface area contributed by atoms with Crippen LogP contribution in [0.25, 0.3) is 0 Å². The maximum Gasteiger partial charge on any atom is 0.418 e. The quantitative estimate of drug-likeness (QED) is 0.465. The van der Waals surface area contributed by atoms with Crippen LogP contribution in [0, 0.1) is 0 Å². The van der Waals surface area contributed by atoms with Crippen LogP contribution >= 0.6 is 12.2 Å². The van der Waals surface area contributed by atoms with Gasteiger partial charge in [0.25, 0.3) is 0 Å². The summed E-state index contributed by atoms with van der Waals surface area (Å²) >= 11 is 4.99. The van der Waals surface area contributed by atoms with Crippen molar-refractivity contribution in [1.82, 2.24) is 5.43 Å². The van der Waals surface area contributed by atoms with Gasteiger partial charge in [0, 0.05) is 5.56 Å². The van der Waals surface area contributed by atoms with E-state index in [0.29, 0.717) is 22.8 Å². The van der Waals surface area contributed by atoms with Crippen LogP contribution in [0.15, 0.2) is 41.5 Å². The summed E-state index contributed by atoms with van der Waals surface area (Å²) < 4.78 is 54.8. The van der Waals surface area contributed by atoms with E-state index in [1.807, 2.05) is 0 Å². The predicted octanol–water partition coefficient (Wildman–Crippen LogP) is 3.76. The van der Waals surface area contributed by atoms with E-state index in [0.717, 1.165) is 6.07 Å². The lowest BCUT2D eigenvalue weighted by atomic mass is 10.2. The standard InChI is InChI=1S/C17H14F3N3O3S/c1-24-13-6-10(7-14-15(13)26-9-25-14)8-21-23-16(27)22-12-5-3-2-4-11(12)17(18,19)20/h2-8H,9H2,1H3,(H2,22,23,27)/b21-8-. The van der Waals surface area contributed by atoms with E-state index in [1.54, 1.807) is 12.1 Å². The van der Waals surface area contributed by atoms with Gasteiger partial charge in [-0.2, -0.15) is 18.3 Å². The van der Waals surface area contributed by atoms with Gasteiger partial charge in [-0.1, -0.05) is 12.1 Å². The Kier molecular flexibility index (Phi) is 5.36. The average molecular weight is 397 g/mol. The molecular weight excluding hydrogens is 383 g/mol. The molecule has 142 valence electrons. The first-order chi connectivity index (χ1) is 12.9. The van der Waals surface area contributed by atoms with Gasteiger partial charge in [-0.05, 0) is 36.5 Å². The Bertz CT molecular complexity index is 887. The van der Waals surface area contributed by atoms with Gasteiger partial charge in [0.05, 0.1) is 24.6 Å². The van der Waals surface area contributed by atoms with Crippen molar-refractivity contribution in [3.8, 4) is 17.2 Å². The summed E-state index contributed by atoms with van der Waals surface area (Å²) in [6, 6.07) is 8.38. The van der Waals surface area contributed by atoms with E-state index in [9.17, 15) is 13.2 Å². The highest BCUT2D eigenvalue weighted by molar-refractivity contribution is 7.80. The van der Waals surface area contributed by atoms with Crippen molar-refractivity contribution in [2.75, 3.05) is 19.2 Å². The number of hydrazone groups is 1. The van der Waals surface area contributed by atoms with Crippen molar-refractivity contribution < 1.29 is 27.4 Å². The molecule has 2 aromatic carbocycles. The third kappa shape index (κ3) is 4.40. The molecule has 0 spiro atoms. The first-order valence-electron chi connectivity index (χ1n) is 7.62. The van der Waals surface area contributed by atoms with E-state index in [1.165, 1.54) is 31.5 Å². The minimum atomic E-state index is -4.49. The normalized spacial score (nSPS) is 12.9. The number of para-hydroxylation sites is 1. The molecule has 0 saturated heterocycles. The minimum Gasteiger partial charge on any atom is -0.493 e. The number of halogens is 3. The molecule has 0 saturated carbocycles. The fraction of sp³-hybridized carbons (Fsp3) is 0.176. The van der Waals surface area contributed by atoms with Crippen molar-refractivity contribution in [3.63, 3.8) is 0 Å². The molecule has 1 aliphatic heterocycles. The molecule has 27 heavy (non-hydrogen) atoms. The molecule has 10 heteroatoms. The molecule has 3 rings (SSSR count). The molecule has 1 heterocycles. The Morgan fingerprint density at radius 3 is 2.78 bits per heavy atom. The van der Waals surface area contributed by atoms with E-state index < -0.39 is 11.7 Å². The largest absolute Gasteiger partial charge is 0.493 e. The van der Waals surface area contributed by atoms with E-state index >= 15 is 0 Å². The van der Waals surface area contributed by atoms with Crippen LogP contribution in [0.4, 0.5) is 18.9 Å². The molecule has 0 aromatic heterocycles. The number of benzene rings is 2. The Morgan fingerprint density at radius 2 is 2.04 bits per heavy atom. The summed E-state index contributed by atoms with van der Waals surface area (Å²) in [6.07, 6.45) is -3.07. The molecule has 1 aliphatic rings. The molecule has 2 N–H and O–H groups in total. The van der Waals surface area contributed by atoms with Crippen LogP contribution in [0.3, 0.4) is 0 Å². The number of fused-ring (bicyclic) bond motifs is 1. The van der Waals surface area contributed by atoms with Crippen molar-refractivity contribution in [1.29, 1.82) is 0 Å². The van der Waals surface area contributed by atoms with E-state index in [-0.39, 0.29) is 17.6 Å². The average Bonchev–Trinajstić information content (AvgIpc) is 3.09. The number of methoxy groups -OCH3 is 1. The number of hydrogen-bond acceptors (Lipinski definition) is 5. The van der Waals surface area contributed by atoms with Gasteiger partial charge in [0.1, 0.15) is 0 Å². The predicted molar refractivity (Wildman–Crippen MR) is 97.5 cm³/mol. The Morgan fingerprint density at radius 1 is 1.26 bits per heavy atom. The SMILES string of the molecule is COc1cc(/C=N\NC(=S)Nc2ccccc2C(F)(F)F)cc2c1OCO2. The van der Waals surface area contributed by atoms with Crippen LogP contribution in [-0.4, -0.2) is 25.2 Å². The zero-order chi connectivity index (χ0) is 19.4. The molecule has 0 atom stereocenters. The Hall–Kier alpha value is -3.01. The number of nitrogens with zero attached hydrogens (tertiary/aromatic N) is 1. The fourth-order valence-electron chi connectivity index (χ4n) is 2.38. The number of hydrogen-bond donors (Lipinski definition) is 2. The van der Waals surface area contributed by atoms with Crippen molar-refractivity contribution in [2.24, 2.45) is 5.10 Å². The highest BCUT2D eigenvalue weighted by Gasteiger charge is 2.33. The second-order valence-corrected chi connectivity index (χ2v) is 5.73. The first kappa shape index (κ1) is 18.8. The third-order valence-corrected chi connectivity index (χ3v) is 3.73. The summed E-state index contributed by atoms with van der Waals surface area (Å²) in [5.41, 5.74) is 2.11. The lowest BCUT2D eigenvalue weighted by molar-refractivity contribution is -0.136. The van der Waals surface area contributed by atoms with E-state index in [4.69, 9.17) is 26.4 Å². The van der Waals surface area contributed by atoms with Gasteiger partial charge in [-0.3, -0.25) is 5.43 Å². The van der Waals surface area contributed by atoms with Gasteiger partial charge < -0.3 is 19.5 Å². The number of thiocarbonyl (C=S) groups is 1. The fourth-order valence-corrected chi connectivity index (χ4v) is 2.54. The summed E-state index contributed by atoms with van der Waals surface area (Å²) in [5, 5.41) is 6.32. The van der Waals surface area contributed by atoms with Crippen LogP contribution in [-0.2, 0) is 6.18 Å². The number of alkyl halides is 3. The molecule has 0 aliphatic carbocycles. The van der Waals surface area contributed by atoms with E-state index in [2.05, 4.69) is 15.8 Å². The summed E-state index contributed by atoms with van der Waals surface area (Å²) in [6.45, 7) is 0.0944. The highest BCUT2D eigenvalue weighted by atomic mass is 32.1. The van der Waals surface area contributed by atoms with Gasteiger partial charge in [-0.25, -0.2) is 0 Å². The van der Waals surface area contributed by atoms with Gasteiger partial charge in [0.2, 0.25) is 12.5 Å². The smallest absolute Gasteiger partial charge is 0.418 e. The number of ether oxygens (including phenoxy) is 3. The maximum absolute atomic E-state index is 13.0. The minimum absolute atomic E-state index is 0.0874. The molecule has 2 aromatic rings. The van der Waals surface area contributed by atoms with Crippen molar-refractivity contribution in [3.05, 3.63) is 47.5 Å². The number of nitrogens with one attached hydrogen (secondary N) is 2. The molecule has 0 amide bonds. The zero-order valence-corrected chi connectivity index (χ0v) is 14.8. The second kappa shape index (κ2) is 7.70. The molecular formula is C17H14F3N3O3S. The number of anilines is 1. The third-order valence-electron chi connectivity index (χ3n) is 3.54. The Balaban J connectivity index is 1.67. The second-order valence-electron chi connectivity index (χ2n) is 5.32. The highest BCUT2D eigenvalue weighted by Crippen LogP contribution is 2.41. The number of rotatable bonds is 4. The molecule has 6 nitrogen and oxygen atoms in total. The zero-order valence-electron chi connectivity index (χ0n) is 14.0. The molecule has 0 bridgehead atoms. The summed E-state index contributed by atoms with van der Waals surface area (Å²) in [5.74, 6) is 1.49. The van der Waals surface area contributed by atoms with Gasteiger partial charge in [0.15, 0.2) is 16.6 Å².